The van der Waals surface area contributed by atoms with Crippen LogP contribution in [-0.4, -0.2) is 75.4 Å². The molecule has 0 aliphatic carbocycles. The third kappa shape index (κ3) is 4.96. The van der Waals surface area contributed by atoms with Gasteiger partial charge in [-0.25, -0.2) is 8.42 Å². The molecule has 0 spiro atoms. The number of sulfonamides is 1. The number of hydrogen-bond donors (Lipinski definition) is 1. The SMILES string of the molecule is COCCN(C1CCN(C(C)C)CC1)S(=O)(=O)CCN. The van der Waals surface area contributed by atoms with E-state index in [9.17, 15) is 8.42 Å². The van der Waals surface area contributed by atoms with E-state index in [1.165, 1.54) is 0 Å². The Labute approximate surface area is 123 Å². The van der Waals surface area contributed by atoms with Gasteiger partial charge in [0, 0.05) is 32.3 Å². The third-order valence-corrected chi connectivity index (χ3v) is 5.83. The normalized spacial score (nSPS) is 19.1. The Hall–Kier alpha value is -0.210. The molecule has 0 aromatic rings. The predicted molar refractivity (Wildman–Crippen MR) is 81.2 cm³/mol. The van der Waals surface area contributed by atoms with E-state index < -0.39 is 10.0 Å². The molecular weight excluding hydrogens is 278 g/mol. The van der Waals surface area contributed by atoms with Crippen molar-refractivity contribution in [3.8, 4) is 0 Å². The fourth-order valence-corrected chi connectivity index (χ4v) is 4.24. The molecule has 20 heavy (non-hydrogen) atoms. The van der Waals surface area contributed by atoms with Gasteiger partial charge in [-0.3, -0.25) is 0 Å². The van der Waals surface area contributed by atoms with Crippen LogP contribution in [0.25, 0.3) is 0 Å². The summed E-state index contributed by atoms with van der Waals surface area (Å²) in [5, 5.41) is 0. The van der Waals surface area contributed by atoms with Gasteiger partial charge in [0.25, 0.3) is 0 Å². The fraction of sp³-hybridized carbons (Fsp3) is 1.00. The van der Waals surface area contributed by atoms with Crippen molar-refractivity contribution < 1.29 is 13.2 Å². The van der Waals surface area contributed by atoms with Crippen LogP contribution < -0.4 is 5.73 Å². The van der Waals surface area contributed by atoms with Gasteiger partial charge < -0.3 is 15.4 Å². The zero-order valence-electron chi connectivity index (χ0n) is 12.9. The van der Waals surface area contributed by atoms with Crippen LogP contribution in [0.2, 0.25) is 0 Å². The van der Waals surface area contributed by atoms with Crippen LogP contribution in [0.15, 0.2) is 0 Å². The summed E-state index contributed by atoms with van der Waals surface area (Å²) in [7, 11) is -1.68. The molecule has 120 valence electrons. The Morgan fingerprint density at radius 1 is 1.35 bits per heavy atom. The lowest BCUT2D eigenvalue weighted by atomic mass is 10.0. The average molecular weight is 307 g/mol. The first-order valence-corrected chi connectivity index (χ1v) is 8.96. The van der Waals surface area contributed by atoms with E-state index in [0.717, 1.165) is 25.9 Å². The average Bonchev–Trinajstić information content (AvgIpc) is 2.39. The molecule has 0 aromatic heterocycles. The first-order chi connectivity index (χ1) is 9.42. The molecule has 0 aromatic carbocycles. The van der Waals surface area contributed by atoms with E-state index in [4.69, 9.17) is 10.5 Å². The topological polar surface area (TPSA) is 75.9 Å². The molecule has 0 atom stereocenters. The first kappa shape index (κ1) is 17.8. The summed E-state index contributed by atoms with van der Waals surface area (Å²) in [6, 6.07) is 0.598. The number of nitrogens with zero attached hydrogens (tertiary/aromatic N) is 2. The van der Waals surface area contributed by atoms with Gasteiger partial charge in [-0.2, -0.15) is 4.31 Å². The van der Waals surface area contributed by atoms with Crippen LogP contribution in [-0.2, 0) is 14.8 Å². The number of likely N-dealkylation sites (tertiary alicyclic amines) is 1. The van der Waals surface area contributed by atoms with Crippen molar-refractivity contribution in [1.29, 1.82) is 0 Å². The summed E-state index contributed by atoms with van der Waals surface area (Å²) in [5.74, 6) is 0.0150. The number of rotatable bonds is 8. The third-order valence-electron chi connectivity index (χ3n) is 3.89. The van der Waals surface area contributed by atoms with Gasteiger partial charge in [0.1, 0.15) is 0 Å². The molecule has 0 radical (unpaired) electrons. The minimum absolute atomic E-state index is 0.0150. The van der Waals surface area contributed by atoms with Crippen LogP contribution in [0.4, 0.5) is 0 Å². The molecule has 1 saturated heterocycles. The maximum atomic E-state index is 12.3. The second-order valence-corrected chi connectivity index (χ2v) is 7.61. The Balaban J connectivity index is 2.70. The molecule has 1 rings (SSSR count). The minimum Gasteiger partial charge on any atom is -0.383 e. The number of piperidine rings is 1. The maximum absolute atomic E-state index is 12.3. The van der Waals surface area contributed by atoms with Crippen molar-refractivity contribution in [1.82, 2.24) is 9.21 Å². The van der Waals surface area contributed by atoms with Gasteiger partial charge in [0.05, 0.1) is 12.4 Å². The van der Waals surface area contributed by atoms with E-state index in [0.29, 0.717) is 19.2 Å². The molecule has 1 aliphatic heterocycles. The quantitative estimate of drug-likeness (QED) is 0.688. The van der Waals surface area contributed by atoms with Gasteiger partial charge >= 0.3 is 0 Å². The summed E-state index contributed by atoms with van der Waals surface area (Å²) < 4.78 is 31.3. The van der Waals surface area contributed by atoms with Crippen molar-refractivity contribution in [2.75, 3.05) is 45.6 Å². The van der Waals surface area contributed by atoms with Crippen LogP contribution >= 0.6 is 0 Å². The minimum atomic E-state index is -3.27. The lowest BCUT2D eigenvalue weighted by Gasteiger charge is -2.39. The standard InChI is InChI=1S/C13H29N3O3S/c1-12(2)15-7-4-13(5-8-15)16(9-10-19-3)20(17,18)11-6-14/h12-13H,4-11,14H2,1-3H3. The van der Waals surface area contributed by atoms with Crippen LogP contribution in [0, 0.1) is 0 Å². The van der Waals surface area contributed by atoms with E-state index in [-0.39, 0.29) is 18.3 Å². The molecule has 6 nitrogen and oxygen atoms in total. The highest BCUT2D eigenvalue weighted by molar-refractivity contribution is 7.89. The highest BCUT2D eigenvalue weighted by Crippen LogP contribution is 2.21. The van der Waals surface area contributed by atoms with Gasteiger partial charge in [-0.05, 0) is 39.8 Å². The Kier molecular flexibility index (Phi) is 7.39. The Morgan fingerprint density at radius 3 is 2.40 bits per heavy atom. The first-order valence-electron chi connectivity index (χ1n) is 7.35. The molecule has 0 bridgehead atoms. The van der Waals surface area contributed by atoms with Crippen molar-refractivity contribution in [3.63, 3.8) is 0 Å². The zero-order valence-corrected chi connectivity index (χ0v) is 13.7. The molecule has 0 amide bonds. The van der Waals surface area contributed by atoms with Crippen molar-refractivity contribution in [3.05, 3.63) is 0 Å². The molecule has 0 saturated carbocycles. The van der Waals surface area contributed by atoms with Gasteiger partial charge in [0.15, 0.2) is 0 Å². The summed E-state index contributed by atoms with van der Waals surface area (Å²) in [4.78, 5) is 2.39. The molecule has 1 aliphatic rings. The largest absolute Gasteiger partial charge is 0.383 e. The summed E-state index contributed by atoms with van der Waals surface area (Å²) in [6.07, 6.45) is 1.76. The van der Waals surface area contributed by atoms with Crippen LogP contribution in [0.1, 0.15) is 26.7 Å². The van der Waals surface area contributed by atoms with Gasteiger partial charge in [0.2, 0.25) is 10.0 Å². The highest BCUT2D eigenvalue weighted by atomic mass is 32.2. The number of methoxy groups -OCH3 is 1. The Bertz CT molecular complexity index is 365. The molecule has 1 heterocycles. The Morgan fingerprint density at radius 2 is 1.95 bits per heavy atom. The van der Waals surface area contributed by atoms with Crippen LogP contribution in [0.3, 0.4) is 0 Å². The molecular formula is C13H29N3O3S. The highest BCUT2D eigenvalue weighted by Gasteiger charge is 2.32. The molecule has 2 N–H and O–H groups in total. The second-order valence-electron chi connectivity index (χ2n) is 5.57. The number of nitrogens with two attached hydrogens (primary N) is 1. The molecule has 1 fully saturated rings. The van der Waals surface area contributed by atoms with E-state index in [1.54, 1.807) is 11.4 Å². The molecule has 0 unspecified atom stereocenters. The lowest BCUT2D eigenvalue weighted by molar-refractivity contribution is 0.113. The summed E-state index contributed by atoms with van der Waals surface area (Å²) in [6.45, 7) is 7.26. The lowest BCUT2D eigenvalue weighted by Crippen LogP contribution is -2.50. The fourth-order valence-electron chi connectivity index (χ4n) is 2.69. The zero-order chi connectivity index (χ0) is 15.2. The molecule has 7 heteroatoms. The van der Waals surface area contributed by atoms with E-state index in [2.05, 4.69) is 18.7 Å². The number of hydrogen-bond acceptors (Lipinski definition) is 5. The summed E-state index contributed by atoms with van der Waals surface area (Å²) in [5.41, 5.74) is 5.43. The second kappa shape index (κ2) is 8.29. The van der Waals surface area contributed by atoms with Crippen LogP contribution in [0.5, 0.6) is 0 Å². The predicted octanol–water partition coefficient (Wildman–Crippen LogP) is 0.0961. The van der Waals surface area contributed by atoms with Crippen molar-refractivity contribution in [2.24, 2.45) is 5.73 Å². The van der Waals surface area contributed by atoms with Gasteiger partial charge in [-0.1, -0.05) is 0 Å². The van der Waals surface area contributed by atoms with Gasteiger partial charge in [-0.15, -0.1) is 0 Å². The van der Waals surface area contributed by atoms with E-state index >= 15 is 0 Å². The van der Waals surface area contributed by atoms with E-state index in [1.807, 2.05) is 0 Å². The van der Waals surface area contributed by atoms with Crippen molar-refractivity contribution >= 4 is 10.0 Å². The van der Waals surface area contributed by atoms with Crippen molar-refractivity contribution in [2.45, 2.75) is 38.8 Å². The maximum Gasteiger partial charge on any atom is 0.215 e. The monoisotopic (exact) mass is 307 g/mol. The number of ether oxygens (including phenoxy) is 1. The smallest absolute Gasteiger partial charge is 0.215 e. The summed E-state index contributed by atoms with van der Waals surface area (Å²) >= 11 is 0.